The van der Waals surface area contributed by atoms with Gasteiger partial charge in [0.15, 0.2) is 0 Å². The van der Waals surface area contributed by atoms with Gasteiger partial charge in [-0.2, -0.15) is 5.10 Å². The van der Waals surface area contributed by atoms with Gasteiger partial charge in [-0.15, -0.1) is 0 Å². The van der Waals surface area contributed by atoms with Crippen LogP contribution < -0.4 is 5.32 Å². The van der Waals surface area contributed by atoms with Crippen LogP contribution in [0.1, 0.15) is 0 Å². The van der Waals surface area contributed by atoms with Crippen molar-refractivity contribution in [2.75, 3.05) is 31.7 Å². The van der Waals surface area contributed by atoms with E-state index in [2.05, 4.69) is 10.4 Å². The van der Waals surface area contributed by atoms with Gasteiger partial charge in [0.1, 0.15) is 0 Å². The maximum atomic E-state index is 11.9. The number of alkyl halides is 2. The topological polar surface area (TPSA) is 59.3 Å². The van der Waals surface area contributed by atoms with Gasteiger partial charge in [0.2, 0.25) is 0 Å². The lowest BCUT2D eigenvalue weighted by atomic mass is 10.5. The van der Waals surface area contributed by atoms with Crippen molar-refractivity contribution in [1.82, 2.24) is 9.78 Å². The maximum absolute atomic E-state index is 11.9. The Bertz CT molecular complexity index is 294. The average Bonchev–Trinajstić information content (AvgIpc) is 2.70. The van der Waals surface area contributed by atoms with E-state index >= 15 is 0 Å². The third kappa shape index (κ3) is 5.04. The Hall–Kier alpha value is -1.21. The number of ether oxygens (including phenoxy) is 1. The molecule has 7 heteroatoms. The summed E-state index contributed by atoms with van der Waals surface area (Å²) in [6.07, 6.45) is 0.732. The number of aliphatic hydroxyl groups excluding tert-OH is 1. The van der Waals surface area contributed by atoms with Gasteiger partial charge in [-0.25, -0.2) is 8.78 Å². The van der Waals surface area contributed by atoms with Crippen LogP contribution in [-0.4, -0.2) is 47.7 Å². The number of aliphatic hydroxyl groups is 1. The molecule has 0 fully saturated rings. The van der Waals surface area contributed by atoms with Crippen molar-refractivity contribution in [3.05, 3.63) is 12.4 Å². The summed E-state index contributed by atoms with van der Waals surface area (Å²) in [5, 5.41) is 15.0. The van der Waals surface area contributed by atoms with Gasteiger partial charge < -0.3 is 15.2 Å². The lowest BCUT2D eigenvalue weighted by Gasteiger charge is -2.02. The van der Waals surface area contributed by atoms with Crippen molar-refractivity contribution < 1.29 is 18.6 Å². The number of hydrogen-bond donors (Lipinski definition) is 2. The standard InChI is InChI=1S/C9H15F2N3O2/c10-9(11)6-12-8-5-13-14(7-8)1-3-16-4-2-15/h5,7,9,12,15H,1-4,6H2. The molecule has 0 atom stereocenters. The van der Waals surface area contributed by atoms with Crippen molar-refractivity contribution in [3.8, 4) is 0 Å². The Balaban J connectivity index is 2.22. The van der Waals surface area contributed by atoms with E-state index in [4.69, 9.17) is 9.84 Å². The molecule has 0 aliphatic carbocycles. The Kier molecular flexibility index (Phi) is 5.73. The zero-order valence-corrected chi connectivity index (χ0v) is 8.77. The van der Waals surface area contributed by atoms with Crippen LogP contribution in [0, 0.1) is 0 Å². The summed E-state index contributed by atoms with van der Waals surface area (Å²) < 4.78 is 30.4. The largest absolute Gasteiger partial charge is 0.394 e. The molecule has 1 aromatic heterocycles. The van der Waals surface area contributed by atoms with Crippen LogP contribution in [-0.2, 0) is 11.3 Å². The first-order chi connectivity index (χ1) is 7.72. The second-order valence-corrected chi connectivity index (χ2v) is 3.10. The number of anilines is 1. The molecule has 0 unspecified atom stereocenters. The summed E-state index contributed by atoms with van der Waals surface area (Å²) in [7, 11) is 0. The number of halogens is 2. The van der Waals surface area contributed by atoms with Gasteiger partial charge in [-0.1, -0.05) is 0 Å². The van der Waals surface area contributed by atoms with Gasteiger partial charge in [0.05, 0.1) is 44.8 Å². The molecule has 0 amide bonds. The monoisotopic (exact) mass is 235 g/mol. The fraction of sp³-hybridized carbons (Fsp3) is 0.667. The maximum Gasteiger partial charge on any atom is 0.255 e. The summed E-state index contributed by atoms with van der Waals surface area (Å²) in [6, 6.07) is 0. The molecular formula is C9H15F2N3O2. The Labute approximate surface area is 92.0 Å². The quantitative estimate of drug-likeness (QED) is 0.647. The highest BCUT2D eigenvalue weighted by atomic mass is 19.3. The minimum absolute atomic E-state index is 0.0136. The smallest absolute Gasteiger partial charge is 0.255 e. The van der Waals surface area contributed by atoms with E-state index < -0.39 is 6.43 Å². The number of aromatic nitrogens is 2. The molecule has 16 heavy (non-hydrogen) atoms. The predicted octanol–water partition coefficient (Wildman–Crippen LogP) is 0.569. The predicted molar refractivity (Wildman–Crippen MR) is 54.6 cm³/mol. The van der Waals surface area contributed by atoms with Crippen LogP contribution in [0.25, 0.3) is 0 Å². The lowest BCUT2D eigenvalue weighted by molar-refractivity contribution is 0.0854. The molecule has 2 N–H and O–H groups in total. The molecule has 1 aromatic rings. The fourth-order valence-corrected chi connectivity index (χ4v) is 1.10. The van der Waals surface area contributed by atoms with E-state index in [1.165, 1.54) is 6.20 Å². The first kappa shape index (κ1) is 12.9. The summed E-state index contributed by atoms with van der Waals surface area (Å²) >= 11 is 0. The highest BCUT2D eigenvalue weighted by Gasteiger charge is 2.03. The van der Waals surface area contributed by atoms with Crippen LogP contribution in [0.2, 0.25) is 0 Å². The third-order valence-electron chi connectivity index (χ3n) is 1.79. The van der Waals surface area contributed by atoms with E-state index in [0.29, 0.717) is 18.8 Å². The van der Waals surface area contributed by atoms with Crippen molar-refractivity contribution in [2.24, 2.45) is 0 Å². The summed E-state index contributed by atoms with van der Waals surface area (Å²) in [6.45, 7) is 0.845. The van der Waals surface area contributed by atoms with Gasteiger partial charge in [0, 0.05) is 6.20 Å². The van der Waals surface area contributed by atoms with Crippen molar-refractivity contribution in [1.29, 1.82) is 0 Å². The van der Waals surface area contributed by atoms with Crippen molar-refractivity contribution in [2.45, 2.75) is 13.0 Å². The fourth-order valence-electron chi connectivity index (χ4n) is 1.10. The Morgan fingerprint density at radius 1 is 1.50 bits per heavy atom. The first-order valence-corrected chi connectivity index (χ1v) is 4.95. The van der Waals surface area contributed by atoms with Crippen LogP contribution in [0.4, 0.5) is 14.5 Å². The zero-order chi connectivity index (χ0) is 11.8. The minimum Gasteiger partial charge on any atom is -0.394 e. The van der Waals surface area contributed by atoms with Crippen LogP contribution in [0.3, 0.4) is 0 Å². The molecule has 5 nitrogen and oxygen atoms in total. The van der Waals surface area contributed by atoms with Crippen molar-refractivity contribution in [3.63, 3.8) is 0 Å². The molecular weight excluding hydrogens is 220 g/mol. The molecule has 0 aliphatic rings. The van der Waals surface area contributed by atoms with Crippen LogP contribution in [0.5, 0.6) is 0 Å². The van der Waals surface area contributed by atoms with Crippen LogP contribution >= 0.6 is 0 Å². The lowest BCUT2D eigenvalue weighted by Crippen LogP contribution is -2.10. The minimum atomic E-state index is -2.38. The first-order valence-electron chi connectivity index (χ1n) is 4.95. The number of hydrogen-bond acceptors (Lipinski definition) is 4. The zero-order valence-electron chi connectivity index (χ0n) is 8.77. The summed E-state index contributed by atoms with van der Waals surface area (Å²) in [5.74, 6) is 0. The number of nitrogens with zero attached hydrogens (tertiary/aromatic N) is 2. The van der Waals surface area contributed by atoms with Gasteiger partial charge >= 0.3 is 0 Å². The van der Waals surface area contributed by atoms with E-state index in [1.807, 2.05) is 0 Å². The highest BCUT2D eigenvalue weighted by Crippen LogP contribution is 2.05. The van der Waals surface area contributed by atoms with E-state index in [0.717, 1.165) is 0 Å². The second kappa shape index (κ2) is 7.13. The Morgan fingerprint density at radius 3 is 3.00 bits per heavy atom. The number of rotatable bonds is 8. The van der Waals surface area contributed by atoms with Gasteiger partial charge in [-0.3, -0.25) is 4.68 Å². The molecule has 0 aromatic carbocycles. The molecule has 1 heterocycles. The number of nitrogens with one attached hydrogen (secondary N) is 1. The van der Waals surface area contributed by atoms with Crippen molar-refractivity contribution >= 4 is 5.69 Å². The van der Waals surface area contributed by atoms with E-state index in [1.54, 1.807) is 10.9 Å². The highest BCUT2D eigenvalue weighted by molar-refractivity contribution is 5.37. The average molecular weight is 235 g/mol. The van der Waals surface area contributed by atoms with E-state index in [-0.39, 0.29) is 19.8 Å². The molecule has 0 spiro atoms. The second-order valence-electron chi connectivity index (χ2n) is 3.10. The third-order valence-corrected chi connectivity index (χ3v) is 1.79. The normalized spacial score (nSPS) is 11.0. The molecule has 1 rings (SSSR count). The van der Waals surface area contributed by atoms with Gasteiger partial charge in [-0.05, 0) is 0 Å². The van der Waals surface area contributed by atoms with E-state index in [9.17, 15) is 8.78 Å². The SMILES string of the molecule is OCCOCCn1cc(NCC(F)F)cn1. The molecule has 0 bridgehead atoms. The summed E-state index contributed by atoms with van der Waals surface area (Å²) in [5.41, 5.74) is 0.558. The molecule has 0 radical (unpaired) electrons. The summed E-state index contributed by atoms with van der Waals surface area (Å²) in [4.78, 5) is 0. The molecule has 0 saturated carbocycles. The molecule has 0 aliphatic heterocycles. The Morgan fingerprint density at radius 2 is 2.31 bits per heavy atom. The molecule has 92 valence electrons. The van der Waals surface area contributed by atoms with Gasteiger partial charge in [0.25, 0.3) is 6.43 Å². The molecule has 0 saturated heterocycles. The van der Waals surface area contributed by atoms with Crippen LogP contribution in [0.15, 0.2) is 12.4 Å².